The van der Waals surface area contributed by atoms with Crippen LogP contribution in [-0.2, 0) is 22.4 Å². The van der Waals surface area contributed by atoms with Crippen LogP contribution in [0.15, 0.2) is 65.8 Å². The molecule has 0 saturated heterocycles. The number of aliphatic carboxylic acids is 2. The summed E-state index contributed by atoms with van der Waals surface area (Å²) < 4.78 is 43.4. The number of carboxylic acid groups (broad SMARTS) is 2. The number of halogens is 3. The molecule has 170 valence electrons. The van der Waals surface area contributed by atoms with E-state index in [2.05, 4.69) is 0 Å². The van der Waals surface area contributed by atoms with E-state index in [1.165, 1.54) is 18.2 Å². The van der Waals surface area contributed by atoms with Gasteiger partial charge >= 0.3 is 18.1 Å². The Morgan fingerprint density at radius 2 is 1.59 bits per heavy atom. The Balaban J connectivity index is 2.10. The zero-order chi connectivity index (χ0) is 23.7. The summed E-state index contributed by atoms with van der Waals surface area (Å²) in [4.78, 5) is 22.9. The van der Waals surface area contributed by atoms with Crippen molar-refractivity contribution in [2.24, 2.45) is 0 Å². The topological polar surface area (TPSA) is 83.8 Å². The molecule has 0 aliphatic heterocycles. The number of hydrogen-bond acceptors (Lipinski definition) is 3. The van der Waals surface area contributed by atoms with Crippen molar-refractivity contribution in [2.75, 3.05) is 0 Å². The Kier molecular flexibility index (Phi) is 8.63. The van der Waals surface area contributed by atoms with E-state index < -0.39 is 23.7 Å². The lowest BCUT2D eigenvalue weighted by molar-refractivity contribution is -0.137. The lowest BCUT2D eigenvalue weighted by Crippen LogP contribution is -2.05. The van der Waals surface area contributed by atoms with Gasteiger partial charge in [0.15, 0.2) is 0 Å². The third-order valence-electron chi connectivity index (χ3n) is 4.54. The van der Waals surface area contributed by atoms with Crippen molar-refractivity contribution in [1.82, 2.24) is 0 Å². The number of carboxylic acids is 2. The first-order valence-electron chi connectivity index (χ1n) is 9.88. The largest absolute Gasteiger partial charge is 0.489 e. The molecule has 0 heterocycles. The van der Waals surface area contributed by atoms with Crippen LogP contribution in [0.4, 0.5) is 13.2 Å². The van der Waals surface area contributed by atoms with Gasteiger partial charge in [0.05, 0.1) is 11.1 Å². The normalized spacial score (nSPS) is 12.5. The number of rotatable bonds is 10. The third kappa shape index (κ3) is 7.61. The minimum absolute atomic E-state index is 0.0250. The molecule has 2 rings (SSSR count). The molecule has 2 aromatic rings. The molecule has 0 radical (unpaired) electrons. The Labute approximate surface area is 183 Å². The molecule has 8 heteroatoms. The summed E-state index contributed by atoms with van der Waals surface area (Å²) in [6.07, 6.45) is -0.186. The molecule has 0 bridgehead atoms. The van der Waals surface area contributed by atoms with Gasteiger partial charge in [-0.15, -0.1) is 0 Å². The fraction of sp³-hybridized carbons (Fsp3) is 0.250. The highest BCUT2D eigenvalue weighted by Crippen LogP contribution is 2.29. The summed E-state index contributed by atoms with van der Waals surface area (Å²) in [6.45, 7) is 1.98. The minimum Gasteiger partial charge on any atom is -0.489 e. The number of benzene rings is 2. The van der Waals surface area contributed by atoms with Crippen LogP contribution in [0.25, 0.3) is 6.08 Å². The summed E-state index contributed by atoms with van der Waals surface area (Å²) in [5.41, 5.74) is 0.227. The average molecular weight is 448 g/mol. The molecule has 0 atom stereocenters. The van der Waals surface area contributed by atoms with Gasteiger partial charge in [0.25, 0.3) is 0 Å². The molecule has 0 aliphatic rings. The first kappa shape index (κ1) is 24.7. The second kappa shape index (κ2) is 11.2. The molecule has 0 spiro atoms. The monoisotopic (exact) mass is 448 g/mol. The molecule has 2 aromatic carbocycles. The lowest BCUT2D eigenvalue weighted by atomic mass is 10.0. The Morgan fingerprint density at radius 3 is 2.09 bits per heavy atom. The van der Waals surface area contributed by atoms with Crippen LogP contribution in [0.5, 0.6) is 5.75 Å². The van der Waals surface area contributed by atoms with Gasteiger partial charge in [-0.2, -0.15) is 13.2 Å². The fourth-order valence-electron chi connectivity index (χ4n) is 2.76. The molecule has 5 nitrogen and oxygen atoms in total. The molecular weight excluding hydrogens is 425 g/mol. The third-order valence-corrected chi connectivity index (χ3v) is 4.54. The van der Waals surface area contributed by atoms with Gasteiger partial charge in [0, 0.05) is 5.57 Å². The van der Waals surface area contributed by atoms with Crippen LogP contribution >= 0.6 is 0 Å². The highest BCUT2D eigenvalue weighted by atomic mass is 19.4. The van der Waals surface area contributed by atoms with Crippen molar-refractivity contribution < 1.29 is 37.7 Å². The Hall–Kier alpha value is -3.55. The van der Waals surface area contributed by atoms with E-state index in [0.29, 0.717) is 23.3 Å². The number of ether oxygens (including phenoxy) is 1. The van der Waals surface area contributed by atoms with E-state index in [4.69, 9.17) is 4.74 Å². The average Bonchev–Trinajstić information content (AvgIpc) is 2.74. The maximum Gasteiger partial charge on any atom is 0.416 e. The minimum atomic E-state index is -4.39. The molecule has 2 N–H and O–H groups in total. The smallest absolute Gasteiger partial charge is 0.416 e. The van der Waals surface area contributed by atoms with Crippen molar-refractivity contribution in [2.45, 2.75) is 39.0 Å². The van der Waals surface area contributed by atoms with Crippen LogP contribution in [0.1, 0.15) is 42.9 Å². The van der Waals surface area contributed by atoms with E-state index in [-0.39, 0.29) is 24.2 Å². The summed E-state index contributed by atoms with van der Waals surface area (Å²) in [6, 6.07) is 11.0. The zero-order valence-corrected chi connectivity index (χ0v) is 17.4. The molecule has 0 saturated carbocycles. The van der Waals surface area contributed by atoms with Gasteiger partial charge in [-0.25, -0.2) is 9.59 Å². The first-order valence-corrected chi connectivity index (χ1v) is 9.88. The Morgan fingerprint density at radius 1 is 0.969 bits per heavy atom. The van der Waals surface area contributed by atoms with Crippen molar-refractivity contribution in [3.05, 3.63) is 82.4 Å². The Bertz CT molecular complexity index is 988. The maximum absolute atomic E-state index is 12.6. The summed E-state index contributed by atoms with van der Waals surface area (Å²) in [5, 5.41) is 18.7. The van der Waals surface area contributed by atoms with E-state index in [1.54, 1.807) is 24.3 Å². The number of hydrogen-bond donors (Lipinski definition) is 2. The molecule has 0 fully saturated rings. The highest BCUT2D eigenvalue weighted by molar-refractivity contribution is 5.98. The van der Waals surface area contributed by atoms with Crippen molar-refractivity contribution in [3.8, 4) is 5.75 Å². The molecule has 0 amide bonds. The summed E-state index contributed by atoms with van der Waals surface area (Å²) in [7, 11) is 0. The number of unbranched alkanes of at least 4 members (excludes halogenated alkanes) is 1. The molecule has 32 heavy (non-hydrogen) atoms. The standard InChI is InChI=1S/C24H23F3O5/c1-2-3-4-18(22(28)29)14-19(23(30)31)13-16-7-11-21(12-8-16)32-15-17-5-9-20(10-6-17)24(25,26)27/h5-14H,2-4,15H2,1H3,(H,28,29)(H,30,31). The van der Waals surface area contributed by atoms with E-state index in [0.717, 1.165) is 24.6 Å². The number of alkyl halides is 3. The first-order chi connectivity index (χ1) is 15.1. The van der Waals surface area contributed by atoms with Crippen molar-refractivity contribution in [1.29, 1.82) is 0 Å². The fourth-order valence-corrected chi connectivity index (χ4v) is 2.76. The quantitative estimate of drug-likeness (QED) is 0.346. The van der Waals surface area contributed by atoms with E-state index >= 15 is 0 Å². The van der Waals surface area contributed by atoms with E-state index in [9.17, 15) is 33.0 Å². The highest BCUT2D eigenvalue weighted by Gasteiger charge is 2.29. The van der Waals surface area contributed by atoms with Gasteiger partial charge in [-0.1, -0.05) is 37.6 Å². The molecule has 0 aromatic heterocycles. The van der Waals surface area contributed by atoms with Crippen molar-refractivity contribution >= 4 is 18.0 Å². The molecular formula is C24H23F3O5. The summed E-state index contributed by atoms with van der Waals surface area (Å²) >= 11 is 0. The van der Waals surface area contributed by atoms with Gasteiger partial charge in [-0.05, 0) is 60.4 Å². The lowest BCUT2D eigenvalue weighted by Gasteiger charge is -2.09. The second-order valence-corrected chi connectivity index (χ2v) is 7.04. The maximum atomic E-state index is 12.6. The molecule has 0 unspecified atom stereocenters. The van der Waals surface area contributed by atoms with Crippen LogP contribution in [0, 0.1) is 0 Å². The predicted octanol–water partition coefficient (Wildman–Crippen LogP) is 5.95. The van der Waals surface area contributed by atoms with Gasteiger partial charge in [0.1, 0.15) is 12.4 Å². The van der Waals surface area contributed by atoms with Gasteiger partial charge < -0.3 is 14.9 Å². The molecule has 0 aliphatic carbocycles. The van der Waals surface area contributed by atoms with Crippen LogP contribution in [-0.4, -0.2) is 22.2 Å². The van der Waals surface area contributed by atoms with E-state index in [1.807, 2.05) is 6.92 Å². The zero-order valence-electron chi connectivity index (χ0n) is 17.4. The van der Waals surface area contributed by atoms with Crippen LogP contribution < -0.4 is 4.74 Å². The number of carbonyl (C=O) groups is 2. The SMILES string of the molecule is CCCCC(=CC(=Cc1ccc(OCc2ccc(C(F)(F)F)cc2)cc1)C(=O)O)C(=O)O. The summed E-state index contributed by atoms with van der Waals surface area (Å²) in [5.74, 6) is -1.95. The van der Waals surface area contributed by atoms with Crippen molar-refractivity contribution in [3.63, 3.8) is 0 Å². The van der Waals surface area contributed by atoms with Crippen LogP contribution in [0.3, 0.4) is 0 Å². The van der Waals surface area contributed by atoms with Crippen LogP contribution in [0.2, 0.25) is 0 Å². The van der Waals surface area contributed by atoms with Gasteiger partial charge in [-0.3, -0.25) is 0 Å². The predicted molar refractivity (Wildman–Crippen MR) is 113 cm³/mol. The van der Waals surface area contributed by atoms with Gasteiger partial charge in [0.2, 0.25) is 0 Å². The second-order valence-electron chi connectivity index (χ2n) is 7.04.